The molecule has 2 aromatic carbocycles. The van der Waals surface area contributed by atoms with Gasteiger partial charge in [0.1, 0.15) is 23.4 Å². The van der Waals surface area contributed by atoms with Crippen molar-refractivity contribution in [3.63, 3.8) is 0 Å². The summed E-state index contributed by atoms with van der Waals surface area (Å²) in [6, 6.07) is 10.8. The molecule has 2 N–H and O–H groups in total. The molecule has 2 aromatic rings. The van der Waals surface area contributed by atoms with Gasteiger partial charge >= 0.3 is 6.09 Å². The Kier molecular flexibility index (Phi) is 9.28. The number of anilines is 1. The van der Waals surface area contributed by atoms with Gasteiger partial charge in [-0.05, 0) is 89.4 Å². The van der Waals surface area contributed by atoms with Crippen LogP contribution in [0.25, 0.3) is 0 Å². The highest BCUT2D eigenvalue weighted by molar-refractivity contribution is 5.99. The maximum absolute atomic E-state index is 13.6. The monoisotopic (exact) mass is 483 g/mol. The van der Waals surface area contributed by atoms with Crippen LogP contribution in [0, 0.1) is 13.8 Å². The summed E-state index contributed by atoms with van der Waals surface area (Å²) in [7, 11) is 1.57. The minimum absolute atomic E-state index is 0.257. The number of aryl methyl sites for hydroxylation is 1. The molecule has 2 atom stereocenters. The Morgan fingerprint density at radius 3 is 2.20 bits per heavy atom. The lowest BCUT2D eigenvalue weighted by atomic mass is 9.95. The first-order chi connectivity index (χ1) is 16.4. The van der Waals surface area contributed by atoms with Crippen molar-refractivity contribution in [2.24, 2.45) is 0 Å². The van der Waals surface area contributed by atoms with Gasteiger partial charge in [0, 0.05) is 12.2 Å². The second-order valence-electron chi connectivity index (χ2n) is 9.40. The van der Waals surface area contributed by atoms with Crippen LogP contribution in [0.3, 0.4) is 0 Å². The molecular formula is C27H37N3O5. The third-order valence-electron chi connectivity index (χ3n) is 5.59. The van der Waals surface area contributed by atoms with Gasteiger partial charge in [-0.25, -0.2) is 4.79 Å². The van der Waals surface area contributed by atoms with Gasteiger partial charge in [-0.3, -0.25) is 9.59 Å². The van der Waals surface area contributed by atoms with Gasteiger partial charge < -0.3 is 25.0 Å². The van der Waals surface area contributed by atoms with E-state index in [4.69, 9.17) is 9.47 Å². The van der Waals surface area contributed by atoms with Crippen LogP contribution in [-0.2, 0) is 14.3 Å². The Balaban J connectivity index is 2.39. The number of nitrogens with zero attached hydrogens (tertiary/aromatic N) is 1. The molecule has 190 valence electrons. The van der Waals surface area contributed by atoms with Crippen molar-refractivity contribution in [1.29, 1.82) is 0 Å². The lowest BCUT2D eigenvalue weighted by molar-refractivity contribution is -0.140. The van der Waals surface area contributed by atoms with Crippen molar-refractivity contribution in [2.45, 2.75) is 66.2 Å². The minimum atomic E-state index is -0.905. The number of amides is 3. The topological polar surface area (TPSA) is 97.0 Å². The summed E-state index contributed by atoms with van der Waals surface area (Å²) in [4.78, 5) is 40.8. The van der Waals surface area contributed by atoms with Crippen LogP contribution in [-0.4, -0.2) is 48.1 Å². The maximum atomic E-state index is 13.6. The Morgan fingerprint density at radius 1 is 1.03 bits per heavy atom. The number of likely N-dealkylation sites (N-methyl/N-ethyl adjacent to an activating group) is 1. The number of alkyl carbamates (subject to hydrolysis) is 1. The van der Waals surface area contributed by atoms with Crippen LogP contribution in [0.2, 0.25) is 0 Å². The lowest BCUT2D eigenvalue weighted by Crippen LogP contribution is -2.51. The van der Waals surface area contributed by atoms with Gasteiger partial charge in [-0.15, -0.1) is 0 Å². The lowest BCUT2D eigenvalue weighted by Gasteiger charge is -2.33. The second kappa shape index (κ2) is 11.7. The average Bonchev–Trinajstić information content (AvgIpc) is 2.78. The molecule has 0 aliphatic carbocycles. The Hall–Kier alpha value is -3.55. The fourth-order valence-electron chi connectivity index (χ4n) is 3.67. The van der Waals surface area contributed by atoms with Crippen LogP contribution in [0.4, 0.5) is 10.5 Å². The SMILES string of the molecule is CCN(C(=O)C(C)NC(=O)OC(C)(C)C)C(C(=O)Nc1ccc(OC)cc1)c1cccc(C)c1C. The Morgan fingerprint density at radius 2 is 1.66 bits per heavy atom. The van der Waals surface area contributed by atoms with Crippen LogP contribution >= 0.6 is 0 Å². The number of methoxy groups -OCH3 is 1. The average molecular weight is 484 g/mol. The molecule has 0 bridgehead atoms. The number of carbonyl (C=O) groups is 3. The number of hydrogen-bond donors (Lipinski definition) is 2. The van der Waals surface area contributed by atoms with Crippen molar-refractivity contribution in [3.8, 4) is 5.75 Å². The largest absolute Gasteiger partial charge is 0.497 e. The summed E-state index contributed by atoms with van der Waals surface area (Å²) in [5.74, 6) is -0.0841. The third-order valence-corrected chi connectivity index (χ3v) is 5.59. The van der Waals surface area contributed by atoms with E-state index in [-0.39, 0.29) is 12.5 Å². The van der Waals surface area contributed by atoms with Crippen molar-refractivity contribution < 1.29 is 23.9 Å². The standard InChI is InChI=1S/C27H37N3O5/c1-9-30(25(32)19(4)28-26(33)35-27(5,6)7)23(22-12-10-11-17(2)18(22)3)24(31)29-20-13-15-21(34-8)16-14-20/h10-16,19,23H,9H2,1-8H3,(H,28,33)(H,29,31). The highest BCUT2D eigenvalue weighted by Gasteiger charge is 2.34. The van der Waals surface area contributed by atoms with Gasteiger partial charge in [0.05, 0.1) is 7.11 Å². The van der Waals surface area contributed by atoms with Crippen molar-refractivity contribution in [1.82, 2.24) is 10.2 Å². The molecule has 0 radical (unpaired) electrons. The molecule has 8 heteroatoms. The molecular weight excluding hydrogens is 446 g/mol. The highest BCUT2D eigenvalue weighted by atomic mass is 16.6. The van der Waals surface area contributed by atoms with Crippen LogP contribution in [0.1, 0.15) is 57.4 Å². The number of rotatable bonds is 8. The normalized spacial score (nSPS) is 12.8. The van der Waals surface area contributed by atoms with Crippen molar-refractivity contribution in [2.75, 3.05) is 19.0 Å². The number of nitrogens with one attached hydrogen (secondary N) is 2. The summed E-state index contributed by atoms with van der Waals surface area (Å²) in [5, 5.41) is 5.51. The number of ether oxygens (including phenoxy) is 2. The number of hydrogen-bond acceptors (Lipinski definition) is 5. The van der Waals surface area contributed by atoms with E-state index in [9.17, 15) is 14.4 Å². The fourth-order valence-corrected chi connectivity index (χ4v) is 3.67. The van der Waals surface area contributed by atoms with Gasteiger partial charge in [0.2, 0.25) is 5.91 Å². The first-order valence-corrected chi connectivity index (χ1v) is 11.7. The molecule has 0 fully saturated rings. The summed E-state index contributed by atoms with van der Waals surface area (Å²) in [5.41, 5.74) is 2.52. The van der Waals surface area contributed by atoms with E-state index in [1.165, 1.54) is 4.90 Å². The highest BCUT2D eigenvalue weighted by Crippen LogP contribution is 2.28. The van der Waals surface area contributed by atoms with E-state index < -0.39 is 29.7 Å². The van der Waals surface area contributed by atoms with E-state index in [1.54, 1.807) is 66.0 Å². The molecule has 0 aromatic heterocycles. The summed E-state index contributed by atoms with van der Waals surface area (Å²) in [6.45, 7) is 12.8. The molecule has 0 aliphatic rings. The van der Waals surface area contributed by atoms with E-state index in [2.05, 4.69) is 10.6 Å². The van der Waals surface area contributed by atoms with Crippen LogP contribution in [0.15, 0.2) is 42.5 Å². The fraction of sp³-hybridized carbons (Fsp3) is 0.444. The van der Waals surface area contributed by atoms with Crippen LogP contribution in [0.5, 0.6) is 5.75 Å². The predicted molar refractivity (Wildman–Crippen MR) is 136 cm³/mol. The zero-order chi connectivity index (χ0) is 26.3. The molecule has 2 rings (SSSR count). The van der Waals surface area contributed by atoms with Crippen molar-refractivity contribution in [3.05, 3.63) is 59.2 Å². The van der Waals surface area contributed by atoms with E-state index in [0.717, 1.165) is 16.7 Å². The van der Waals surface area contributed by atoms with Gasteiger partial charge in [-0.1, -0.05) is 18.2 Å². The molecule has 0 heterocycles. The summed E-state index contributed by atoms with van der Waals surface area (Å²) < 4.78 is 10.5. The number of carbonyl (C=O) groups excluding carboxylic acids is 3. The predicted octanol–water partition coefficient (Wildman–Crippen LogP) is 4.75. The second-order valence-corrected chi connectivity index (χ2v) is 9.40. The first kappa shape index (κ1) is 27.7. The molecule has 3 amide bonds. The quantitative estimate of drug-likeness (QED) is 0.565. The number of benzene rings is 2. The van der Waals surface area contributed by atoms with Gasteiger partial charge in [0.15, 0.2) is 0 Å². The molecule has 0 saturated carbocycles. The zero-order valence-electron chi connectivity index (χ0n) is 21.9. The van der Waals surface area contributed by atoms with E-state index in [1.807, 2.05) is 32.0 Å². The summed E-state index contributed by atoms with van der Waals surface area (Å²) >= 11 is 0. The Labute approximate surface area is 208 Å². The Bertz CT molecular complexity index is 1040. The maximum Gasteiger partial charge on any atom is 0.408 e. The van der Waals surface area contributed by atoms with Gasteiger partial charge in [0.25, 0.3) is 5.91 Å². The summed E-state index contributed by atoms with van der Waals surface area (Å²) in [6.07, 6.45) is -0.694. The molecule has 0 saturated heterocycles. The van der Waals surface area contributed by atoms with Crippen LogP contribution < -0.4 is 15.4 Å². The van der Waals surface area contributed by atoms with E-state index in [0.29, 0.717) is 11.4 Å². The van der Waals surface area contributed by atoms with Gasteiger partial charge in [-0.2, -0.15) is 0 Å². The molecule has 0 aliphatic heterocycles. The smallest absolute Gasteiger partial charge is 0.408 e. The molecule has 2 unspecified atom stereocenters. The molecule has 8 nitrogen and oxygen atoms in total. The molecule has 35 heavy (non-hydrogen) atoms. The minimum Gasteiger partial charge on any atom is -0.497 e. The van der Waals surface area contributed by atoms with E-state index >= 15 is 0 Å². The first-order valence-electron chi connectivity index (χ1n) is 11.7. The zero-order valence-corrected chi connectivity index (χ0v) is 21.9. The third kappa shape index (κ3) is 7.47. The molecule has 0 spiro atoms. The van der Waals surface area contributed by atoms with Crippen molar-refractivity contribution >= 4 is 23.6 Å².